The Labute approximate surface area is 157 Å². The van der Waals surface area contributed by atoms with E-state index in [1.165, 1.54) is 5.56 Å². The van der Waals surface area contributed by atoms with E-state index >= 15 is 0 Å². The summed E-state index contributed by atoms with van der Waals surface area (Å²) in [6.07, 6.45) is 1.82. The van der Waals surface area contributed by atoms with Crippen LogP contribution in [0.15, 0.2) is 54.7 Å². The van der Waals surface area contributed by atoms with Crippen LogP contribution in [0.4, 0.5) is 5.69 Å². The van der Waals surface area contributed by atoms with E-state index in [0.717, 1.165) is 16.6 Å². The monoisotopic (exact) mass is 360 g/mol. The number of benzene rings is 2. The first-order chi connectivity index (χ1) is 13.0. The van der Waals surface area contributed by atoms with E-state index in [2.05, 4.69) is 4.98 Å². The van der Waals surface area contributed by atoms with Gasteiger partial charge in [0.2, 0.25) is 5.91 Å². The van der Waals surface area contributed by atoms with Crippen LogP contribution >= 0.6 is 0 Å². The predicted molar refractivity (Wildman–Crippen MR) is 104 cm³/mol. The molecule has 4 rings (SSSR count). The second-order valence-electron chi connectivity index (χ2n) is 6.93. The lowest BCUT2D eigenvalue weighted by molar-refractivity contribution is -0.139. The van der Waals surface area contributed by atoms with Crippen molar-refractivity contribution < 1.29 is 14.3 Å². The molecule has 27 heavy (non-hydrogen) atoms. The summed E-state index contributed by atoms with van der Waals surface area (Å²) in [4.78, 5) is 31.1. The van der Waals surface area contributed by atoms with Crippen LogP contribution in [0.5, 0.6) is 5.75 Å². The topological polar surface area (TPSA) is 59.5 Å². The first-order valence-corrected chi connectivity index (χ1v) is 8.96. The van der Waals surface area contributed by atoms with Gasteiger partial charge in [-0.15, -0.1) is 0 Å². The Morgan fingerprint density at radius 3 is 2.74 bits per heavy atom. The molecule has 1 fully saturated rings. The highest BCUT2D eigenvalue weighted by Crippen LogP contribution is 2.29. The fourth-order valence-electron chi connectivity index (χ4n) is 3.36. The van der Waals surface area contributed by atoms with Crippen LogP contribution in [0.2, 0.25) is 0 Å². The molecule has 2 aromatic carbocycles. The van der Waals surface area contributed by atoms with Gasteiger partial charge in [-0.1, -0.05) is 24.3 Å². The summed E-state index contributed by atoms with van der Waals surface area (Å²) >= 11 is 0. The number of nitrogens with zero attached hydrogens (tertiary/aromatic N) is 2. The van der Waals surface area contributed by atoms with E-state index in [0.29, 0.717) is 17.8 Å². The molecule has 5 heteroatoms. The van der Waals surface area contributed by atoms with Crippen molar-refractivity contribution in [2.75, 3.05) is 11.4 Å². The summed E-state index contributed by atoms with van der Waals surface area (Å²) in [6, 6.07) is 15.1. The maximum absolute atomic E-state index is 12.7. The zero-order valence-electron chi connectivity index (χ0n) is 15.3. The van der Waals surface area contributed by atoms with Crippen molar-refractivity contribution in [2.45, 2.75) is 20.3 Å². The van der Waals surface area contributed by atoms with Crippen molar-refractivity contribution in [3.63, 3.8) is 0 Å². The second-order valence-corrected chi connectivity index (χ2v) is 6.93. The third-order valence-corrected chi connectivity index (χ3v) is 5.07. The van der Waals surface area contributed by atoms with Crippen LogP contribution in [0, 0.1) is 19.8 Å². The molecule has 0 N–H and O–H groups in total. The molecule has 1 atom stereocenters. The molecular weight excluding hydrogens is 340 g/mol. The molecule has 2 heterocycles. The van der Waals surface area contributed by atoms with Gasteiger partial charge in [0.25, 0.3) is 0 Å². The predicted octanol–water partition coefficient (Wildman–Crippen LogP) is 3.81. The number of hydrogen-bond acceptors (Lipinski definition) is 4. The number of fused-ring (bicyclic) bond motifs is 1. The Balaban J connectivity index is 1.53. The Morgan fingerprint density at radius 2 is 1.93 bits per heavy atom. The number of amides is 1. The van der Waals surface area contributed by atoms with Crippen LogP contribution in [0.25, 0.3) is 10.9 Å². The minimum Gasteiger partial charge on any atom is -0.424 e. The Bertz CT molecular complexity index is 1040. The lowest BCUT2D eigenvalue weighted by Gasteiger charge is -2.18. The first-order valence-electron chi connectivity index (χ1n) is 8.96. The summed E-state index contributed by atoms with van der Waals surface area (Å²) in [5.41, 5.74) is 3.76. The molecule has 1 aromatic heterocycles. The van der Waals surface area contributed by atoms with Crippen molar-refractivity contribution >= 4 is 28.5 Å². The molecule has 0 saturated carbocycles. The number of rotatable bonds is 3. The maximum Gasteiger partial charge on any atom is 0.316 e. The maximum atomic E-state index is 12.7. The van der Waals surface area contributed by atoms with E-state index < -0.39 is 11.9 Å². The van der Waals surface area contributed by atoms with Crippen LogP contribution in [-0.4, -0.2) is 23.4 Å². The molecule has 0 radical (unpaired) electrons. The molecule has 5 nitrogen and oxygen atoms in total. The van der Waals surface area contributed by atoms with Crippen molar-refractivity contribution in [1.29, 1.82) is 0 Å². The van der Waals surface area contributed by atoms with E-state index in [-0.39, 0.29) is 12.3 Å². The number of aromatic nitrogens is 1. The van der Waals surface area contributed by atoms with Crippen molar-refractivity contribution in [1.82, 2.24) is 4.98 Å². The standard InChI is InChI=1S/C22H20N2O3/c1-14-8-9-18(11-15(14)2)24-13-17(12-20(24)25)22(26)27-19-7-3-5-16-6-4-10-23-21(16)19/h3-11,17H,12-13H2,1-2H3/t17-/m1/s1. The number of hydrogen-bond donors (Lipinski definition) is 0. The molecule has 136 valence electrons. The van der Waals surface area contributed by atoms with Gasteiger partial charge in [0.15, 0.2) is 5.75 Å². The SMILES string of the molecule is Cc1ccc(N2C[C@H](C(=O)Oc3cccc4cccnc34)CC2=O)cc1C. The highest BCUT2D eigenvalue weighted by Gasteiger charge is 2.36. The van der Waals surface area contributed by atoms with E-state index in [9.17, 15) is 9.59 Å². The highest BCUT2D eigenvalue weighted by atomic mass is 16.5. The number of ether oxygens (including phenoxy) is 1. The minimum absolute atomic E-state index is 0.0590. The zero-order valence-corrected chi connectivity index (χ0v) is 15.3. The quantitative estimate of drug-likeness (QED) is 0.526. The summed E-state index contributed by atoms with van der Waals surface area (Å²) < 4.78 is 5.61. The number of carbonyl (C=O) groups is 2. The zero-order chi connectivity index (χ0) is 19.0. The summed E-state index contributed by atoms with van der Waals surface area (Å²) in [5, 5.41) is 0.905. The van der Waals surface area contributed by atoms with Gasteiger partial charge in [-0.3, -0.25) is 14.6 Å². The normalized spacial score (nSPS) is 16.7. The molecular formula is C22H20N2O3. The molecule has 0 aliphatic carbocycles. The van der Waals surface area contributed by atoms with Gasteiger partial charge in [-0.2, -0.15) is 0 Å². The Hall–Kier alpha value is -3.21. The van der Waals surface area contributed by atoms with Gasteiger partial charge in [-0.25, -0.2) is 0 Å². The van der Waals surface area contributed by atoms with E-state index in [1.54, 1.807) is 17.2 Å². The minimum atomic E-state index is -0.488. The molecule has 3 aromatic rings. The number of aryl methyl sites for hydroxylation is 2. The number of anilines is 1. The van der Waals surface area contributed by atoms with Crippen molar-refractivity contribution in [3.05, 3.63) is 65.9 Å². The molecule has 1 aliphatic rings. The number of pyridine rings is 1. The third-order valence-electron chi connectivity index (χ3n) is 5.07. The Morgan fingerprint density at radius 1 is 1.11 bits per heavy atom. The van der Waals surface area contributed by atoms with Gasteiger partial charge in [0, 0.05) is 30.2 Å². The Kier molecular flexibility index (Phi) is 4.36. The van der Waals surface area contributed by atoms with Crippen molar-refractivity contribution in [3.8, 4) is 5.75 Å². The molecule has 0 bridgehead atoms. The van der Waals surface area contributed by atoms with Crippen LogP contribution in [-0.2, 0) is 9.59 Å². The fourth-order valence-corrected chi connectivity index (χ4v) is 3.36. The summed E-state index contributed by atoms with van der Waals surface area (Å²) in [7, 11) is 0. The van der Waals surface area contributed by atoms with Crippen molar-refractivity contribution in [2.24, 2.45) is 5.92 Å². The summed E-state index contributed by atoms with van der Waals surface area (Å²) in [6.45, 7) is 4.38. The molecule has 1 amide bonds. The second kappa shape index (κ2) is 6.83. The fraction of sp³-hybridized carbons (Fsp3) is 0.227. The first kappa shape index (κ1) is 17.2. The lowest BCUT2D eigenvalue weighted by Crippen LogP contribution is -2.27. The van der Waals surface area contributed by atoms with Gasteiger partial charge < -0.3 is 9.64 Å². The van der Waals surface area contributed by atoms with Crippen LogP contribution in [0.3, 0.4) is 0 Å². The van der Waals surface area contributed by atoms with Crippen LogP contribution in [0.1, 0.15) is 17.5 Å². The number of esters is 1. The average molecular weight is 360 g/mol. The molecule has 0 unspecified atom stereocenters. The van der Waals surface area contributed by atoms with Gasteiger partial charge in [-0.05, 0) is 49.2 Å². The van der Waals surface area contributed by atoms with Gasteiger partial charge in [0.05, 0.1) is 5.92 Å². The van der Waals surface area contributed by atoms with Gasteiger partial charge >= 0.3 is 5.97 Å². The van der Waals surface area contributed by atoms with E-state index in [4.69, 9.17) is 4.74 Å². The van der Waals surface area contributed by atoms with E-state index in [1.807, 2.05) is 56.3 Å². The molecule has 0 spiro atoms. The average Bonchev–Trinajstić information content (AvgIpc) is 3.06. The lowest BCUT2D eigenvalue weighted by atomic mass is 10.1. The van der Waals surface area contributed by atoms with Gasteiger partial charge in [0.1, 0.15) is 5.52 Å². The molecule has 1 saturated heterocycles. The highest BCUT2D eigenvalue weighted by molar-refractivity contribution is 6.00. The van der Waals surface area contributed by atoms with Crippen LogP contribution < -0.4 is 9.64 Å². The third kappa shape index (κ3) is 3.28. The number of carbonyl (C=O) groups excluding carboxylic acids is 2. The molecule has 1 aliphatic heterocycles. The number of para-hydroxylation sites is 1. The summed E-state index contributed by atoms with van der Waals surface area (Å²) in [5.74, 6) is -0.516. The largest absolute Gasteiger partial charge is 0.424 e. The smallest absolute Gasteiger partial charge is 0.316 e.